The van der Waals surface area contributed by atoms with Crippen LogP contribution in [0.3, 0.4) is 0 Å². The third-order valence-corrected chi connectivity index (χ3v) is 8.52. The molecule has 2 saturated heterocycles. The number of hydrogen-bond acceptors (Lipinski definition) is 15. The highest BCUT2D eigenvalue weighted by Gasteiger charge is 2.25. The van der Waals surface area contributed by atoms with Crippen LogP contribution in [0.25, 0.3) is 0 Å². The smallest absolute Gasteiger partial charge is 0.320 e. The summed E-state index contributed by atoms with van der Waals surface area (Å²) in [6.45, 7) is 25.8. The van der Waals surface area contributed by atoms with Crippen LogP contribution in [0.4, 0.5) is 0 Å². The Hall–Kier alpha value is -2.44. The van der Waals surface area contributed by atoms with Gasteiger partial charge in [0.25, 0.3) is 0 Å². The summed E-state index contributed by atoms with van der Waals surface area (Å²) in [4.78, 5) is 63.0. The maximum Gasteiger partial charge on any atom is 0.320 e. The number of rotatable bonds is 8. The summed E-state index contributed by atoms with van der Waals surface area (Å²) in [5.74, 6) is -0.996. The molecular formula is C40H75N5O11. The summed E-state index contributed by atoms with van der Waals surface area (Å²) >= 11 is 0. The van der Waals surface area contributed by atoms with Crippen LogP contribution in [-0.2, 0) is 52.3 Å². The second kappa shape index (κ2) is 25.8. The van der Waals surface area contributed by atoms with E-state index in [1.54, 1.807) is 4.90 Å². The molecule has 0 aromatic heterocycles. The van der Waals surface area contributed by atoms with Crippen molar-refractivity contribution in [3.63, 3.8) is 0 Å². The van der Waals surface area contributed by atoms with Crippen molar-refractivity contribution in [3.8, 4) is 0 Å². The van der Waals surface area contributed by atoms with Gasteiger partial charge >= 0.3 is 17.9 Å². The Kier molecular flexibility index (Phi) is 22.9. The zero-order valence-electron chi connectivity index (χ0n) is 36.2. The minimum atomic E-state index is -0.624. The summed E-state index contributed by atoms with van der Waals surface area (Å²) < 4.78 is 39.6. The maximum absolute atomic E-state index is 13.9. The van der Waals surface area contributed by atoms with Crippen molar-refractivity contribution in [2.75, 3.05) is 144 Å². The predicted octanol–water partition coefficient (Wildman–Crippen LogP) is 1.92. The van der Waals surface area contributed by atoms with Gasteiger partial charge in [-0.05, 0) is 81.7 Å². The third kappa shape index (κ3) is 25.7. The zero-order chi connectivity index (χ0) is 41.6. The van der Waals surface area contributed by atoms with Gasteiger partial charge in [-0.1, -0.05) is 0 Å². The highest BCUT2D eigenvalue weighted by molar-refractivity contribution is 5.78. The molecule has 2 aliphatic heterocycles. The Morgan fingerprint density at radius 3 is 0.946 bits per heavy atom. The van der Waals surface area contributed by atoms with Crippen molar-refractivity contribution < 1.29 is 52.3 Å². The molecule has 0 aromatic carbocycles. The minimum Gasteiger partial charge on any atom is -0.459 e. The lowest BCUT2D eigenvalue weighted by molar-refractivity contribution is -0.158. The number of hydrogen-bond donors (Lipinski definition) is 0. The molecule has 0 aliphatic carbocycles. The van der Waals surface area contributed by atoms with Gasteiger partial charge < -0.3 is 38.1 Å². The van der Waals surface area contributed by atoms with Crippen LogP contribution in [0.5, 0.6) is 0 Å². The molecule has 16 nitrogen and oxygen atoms in total. The van der Waals surface area contributed by atoms with Crippen molar-refractivity contribution in [1.82, 2.24) is 24.5 Å². The van der Waals surface area contributed by atoms with Crippen LogP contribution < -0.4 is 0 Å². The van der Waals surface area contributed by atoms with E-state index in [0.29, 0.717) is 131 Å². The van der Waals surface area contributed by atoms with E-state index in [0.717, 1.165) is 0 Å². The van der Waals surface area contributed by atoms with Gasteiger partial charge in [-0.25, -0.2) is 0 Å². The van der Waals surface area contributed by atoms with Gasteiger partial charge in [0.2, 0.25) is 5.91 Å². The van der Waals surface area contributed by atoms with Crippen molar-refractivity contribution in [1.29, 1.82) is 0 Å². The molecule has 2 fully saturated rings. The number of carbonyl (C=O) groups is 4. The summed E-state index contributed by atoms with van der Waals surface area (Å²) in [5.41, 5.74) is -1.86. The van der Waals surface area contributed by atoms with E-state index in [9.17, 15) is 19.2 Å². The maximum atomic E-state index is 13.9. The Bertz CT molecular complexity index is 1140. The van der Waals surface area contributed by atoms with Crippen LogP contribution in [-0.4, -0.2) is 210 Å². The largest absolute Gasteiger partial charge is 0.459 e. The molecular weight excluding hydrogens is 726 g/mol. The van der Waals surface area contributed by atoms with Gasteiger partial charge in [-0.2, -0.15) is 0 Å². The first-order valence-electron chi connectivity index (χ1n) is 20.4. The van der Waals surface area contributed by atoms with Gasteiger partial charge in [0, 0.05) is 58.9 Å². The molecule has 56 heavy (non-hydrogen) atoms. The molecule has 0 atom stereocenters. The van der Waals surface area contributed by atoms with E-state index in [1.165, 1.54) is 0 Å². The molecule has 0 radical (unpaired) electrons. The van der Waals surface area contributed by atoms with Crippen molar-refractivity contribution in [2.45, 2.75) is 92.0 Å². The second-order valence-electron chi connectivity index (χ2n) is 17.4. The second-order valence-corrected chi connectivity index (χ2v) is 17.4. The summed E-state index contributed by atoms with van der Waals surface area (Å²) in [6, 6.07) is 0. The summed E-state index contributed by atoms with van der Waals surface area (Å²) in [5, 5.41) is 0. The highest BCUT2D eigenvalue weighted by Crippen LogP contribution is 2.12. The minimum absolute atomic E-state index is 0.0442. The van der Waals surface area contributed by atoms with E-state index in [2.05, 4.69) is 14.7 Å². The van der Waals surface area contributed by atoms with Crippen LogP contribution in [0.15, 0.2) is 0 Å². The Balaban J connectivity index is 2.28. The summed E-state index contributed by atoms with van der Waals surface area (Å²) in [7, 11) is 0. The van der Waals surface area contributed by atoms with Crippen LogP contribution in [0.1, 0.15) is 75.2 Å². The van der Waals surface area contributed by atoms with Crippen molar-refractivity contribution in [3.05, 3.63) is 0 Å². The average Bonchev–Trinajstić information content (AvgIpc) is 3.06. The first-order valence-corrected chi connectivity index (χ1v) is 20.4. The zero-order valence-corrected chi connectivity index (χ0v) is 36.2. The fraction of sp³-hybridized carbons (Fsp3) is 0.900. The first-order chi connectivity index (χ1) is 26.3. The molecule has 0 N–H and O–H groups in total. The van der Waals surface area contributed by atoms with Gasteiger partial charge in [-0.3, -0.25) is 38.8 Å². The molecule has 2 aliphatic rings. The third-order valence-electron chi connectivity index (χ3n) is 8.52. The van der Waals surface area contributed by atoms with Crippen molar-refractivity contribution >= 4 is 23.8 Å². The predicted molar refractivity (Wildman–Crippen MR) is 212 cm³/mol. The molecule has 0 spiro atoms. The Morgan fingerprint density at radius 2 is 0.661 bits per heavy atom. The van der Waals surface area contributed by atoms with Crippen LogP contribution >= 0.6 is 0 Å². The van der Waals surface area contributed by atoms with E-state index in [4.69, 9.17) is 33.2 Å². The van der Waals surface area contributed by atoms with Gasteiger partial charge in [0.15, 0.2) is 0 Å². The normalized spacial score (nSPS) is 20.6. The molecule has 0 saturated carbocycles. The monoisotopic (exact) mass is 802 g/mol. The van der Waals surface area contributed by atoms with Gasteiger partial charge in [0.05, 0.1) is 79.0 Å². The Labute approximate surface area is 336 Å². The van der Waals surface area contributed by atoms with Crippen LogP contribution in [0, 0.1) is 0 Å². The quantitative estimate of drug-likeness (QED) is 0.260. The van der Waals surface area contributed by atoms with Gasteiger partial charge in [0.1, 0.15) is 16.8 Å². The lowest BCUT2D eigenvalue weighted by atomic mass is 10.2. The number of carbonyl (C=O) groups excluding carboxylic acids is 4. The molecule has 0 bridgehead atoms. The number of nitrogens with zero attached hydrogens (tertiary/aromatic N) is 5. The highest BCUT2D eigenvalue weighted by atomic mass is 16.6. The first kappa shape index (κ1) is 49.7. The van der Waals surface area contributed by atoms with E-state index in [-0.39, 0.29) is 50.0 Å². The molecule has 16 heteroatoms. The van der Waals surface area contributed by atoms with E-state index < -0.39 is 16.8 Å². The Morgan fingerprint density at radius 1 is 0.393 bits per heavy atom. The number of esters is 3. The molecule has 0 unspecified atom stereocenters. The van der Waals surface area contributed by atoms with Crippen LogP contribution in [0.2, 0.25) is 0 Å². The van der Waals surface area contributed by atoms with Gasteiger partial charge in [-0.15, -0.1) is 0 Å². The summed E-state index contributed by atoms with van der Waals surface area (Å²) in [6.07, 6.45) is 1.33. The fourth-order valence-electron chi connectivity index (χ4n) is 6.11. The SMILES string of the molecule is CC(C)(C)OC(=O)CN1CCCN(CC(=O)OC(C)(C)C)CCN(CC(=O)N2CCOCCOCCOCCOCC2)CCCN(CC(=O)OC(C)(C)C)CC1. The van der Waals surface area contributed by atoms with Crippen molar-refractivity contribution in [2.24, 2.45) is 0 Å². The molecule has 326 valence electrons. The molecule has 2 rings (SSSR count). The standard InChI is InChI=1S/C40H75N5O11/c1-38(2,3)54-35(47)31-42-14-11-15-44(33-37(49)56-40(7,8)9)19-18-43(32-36(48)55-39(4,5)6)13-10-12-41(16-17-42)30-34(46)45-20-22-50-24-26-52-28-29-53-27-25-51-23-21-45/h10-33H2,1-9H3. The average molecular weight is 802 g/mol. The van der Waals surface area contributed by atoms with E-state index in [1.807, 2.05) is 67.2 Å². The number of ether oxygens (including phenoxy) is 7. The number of amides is 1. The fourth-order valence-corrected chi connectivity index (χ4v) is 6.11. The topological polar surface area (TPSA) is 149 Å². The molecule has 2 heterocycles. The molecule has 1 amide bonds. The lowest BCUT2D eigenvalue weighted by Gasteiger charge is -2.33. The van der Waals surface area contributed by atoms with E-state index >= 15 is 0 Å². The lowest BCUT2D eigenvalue weighted by Crippen LogP contribution is -2.48. The molecule has 0 aromatic rings.